The fraction of sp³-hybridized carbons (Fsp3) is 0.217. The molecule has 0 unspecified atom stereocenters. The van der Waals surface area contributed by atoms with Crippen LogP contribution in [0, 0.1) is 12.7 Å². The maximum absolute atomic E-state index is 14.5. The molecule has 156 valence electrons. The Kier molecular flexibility index (Phi) is 7.03. The summed E-state index contributed by atoms with van der Waals surface area (Å²) in [6.45, 7) is 1.68. The molecule has 0 radical (unpaired) electrons. The smallest absolute Gasteiger partial charge is 0.162 e. The summed E-state index contributed by atoms with van der Waals surface area (Å²) in [6.07, 6.45) is 2.15. The molecule has 0 aliphatic rings. The molecular formula is C23H22ClFN2O3. The topological polar surface area (TPSA) is 63.9 Å². The molecule has 0 aliphatic carbocycles. The maximum Gasteiger partial charge on any atom is 0.162 e. The fourth-order valence-electron chi connectivity index (χ4n) is 3.04. The highest BCUT2D eigenvalue weighted by molar-refractivity contribution is 6.31. The molecule has 0 saturated heterocycles. The predicted molar refractivity (Wildman–Crippen MR) is 117 cm³/mol. The summed E-state index contributed by atoms with van der Waals surface area (Å²) in [4.78, 5) is 9.05. The van der Waals surface area contributed by atoms with Crippen LogP contribution in [0.4, 0.5) is 10.1 Å². The Balaban J connectivity index is 1.89. The van der Waals surface area contributed by atoms with Crippen molar-refractivity contribution in [1.29, 1.82) is 0 Å². The second kappa shape index (κ2) is 9.69. The summed E-state index contributed by atoms with van der Waals surface area (Å²) in [5.41, 5.74) is 3.51. The van der Waals surface area contributed by atoms with E-state index in [1.807, 2.05) is 13.0 Å². The van der Waals surface area contributed by atoms with E-state index in [0.29, 0.717) is 34.9 Å². The first-order valence-electron chi connectivity index (χ1n) is 9.27. The normalized spacial score (nSPS) is 11.1. The van der Waals surface area contributed by atoms with E-state index >= 15 is 0 Å². The number of ether oxygens (including phenoxy) is 2. The lowest BCUT2D eigenvalue weighted by Gasteiger charge is -2.11. The molecule has 1 heterocycles. The van der Waals surface area contributed by atoms with E-state index in [1.165, 1.54) is 6.07 Å². The molecule has 3 aromatic rings. The number of nitrogens with zero attached hydrogens (tertiary/aromatic N) is 2. The monoisotopic (exact) mass is 428 g/mol. The average Bonchev–Trinajstić information content (AvgIpc) is 2.76. The van der Waals surface area contributed by atoms with Gasteiger partial charge in [0, 0.05) is 35.5 Å². The van der Waals surface area contributed by atoms with Crippen LogP contribution in [0.3, 0.4) is 0 Å². The number of aliphatic hydroxyl groups excluding tert-OH is 1. The molecule has 1 N–H and O–H groups in total. The lowest BCUT2D eigenvalue weighted by molar-refractivity contribution is 0.282. The quantitative estimate of drug-likeness (QED) is 0.518. The molecule has 1 aromatic heterocycles. The molecule has 0 saturated carbocycles. The molecule has 2 aromatic carbocycles. The van der Waals surface area contributed by atoms with Gasteiger partial charge in [0.05, 0.1) is 37.2 Å². The summed E-state index contributed by atoms with van der Waals surface area (Å²) < 4.78 is 25.1. The number of halogens is 2. The number of aryl methyl sites for hydroxylation is 1. The number of hydrogen-bond donors (Lipinski definition) is 1. The molecule has 5 nitrogen and oxygen atoms in total. The van der Waals surface area contributed by atoms with Crippen molar-refractivity contribution in [2.24, 2.45) is 4.99 Å². The van der Waals surface area contributed by atoms with Crippen LogP contribution in [-0.4, -0.2) is 30.5 Å². The average molecular weight is 429 g/mol. The number of methoxy groups -OCH3 is 2. The van der Waals surface area contributed by atoms with E-state index in [4.69, 9.17) is 21.1 Å². The molecule has 3 rings (SSSR count). The second-order valence-corrected chi connectivity index (χ2v) is 6.99. The standard InChI is InChI=1S/C23H22ClFN2O3/c1-14-11-20(29-2)21(30-3)12-19(14)26-10-9-16-8-7-15(13-28)23(27-16)17-5-4-6-18(24)22(17)25/h4-8,10-12,28H,9,13H2,1-3H3/b26-10-. The van der Waals surface area contributed by atoms with Crippen molar-refractivity contribution in [1.82, 2.24) is 4.98 Å². The Bertz CT molecular complexity index is 1090. The summed E-state index contributed by atoms with van der Waals surface area (Å²) in [7, 11) is 3.16. The number of aromatic nitrogens is 1. The molecule has 0 amide bonds. The van der Waals surface area contributed by atoms with Gasteiger partial charge in [0.15, 0.2) is 17.3 Å². The zero-order valence-corrected chi connectivity index (χ0v) is 17.7. The van der Waals surface area contributed by atoms with E-state index in [2.05, 4.69) is 9.98 Å². The summed E-state index contributed by atoms with van der Waals surface area (Å²) in [5, 5.41) is 9.64. The third kappa shape index (κ3) is 4.61. The van der Waals surface area contributed by atoms with Crippen molar-refractivity contribution < 1.29 is 19.0 Å². The first-order chi connectivity index (χ1) is 14.5. The number of aliphatic hydroxyl groups is 1. The van der Waals surface area contributed by atoms with Crippen LogP contribution in [0.15, 0.2) is 47.5 Å². The van der Waals surface area contributed by atoms with Crippen LogP contribution in [0.2, 0.25) is 5.02 Å². The van der Waals surface area contributed by atoms with Gasteiger partial charge in [-0.2, -0.15) is 0 Å². The van der Waals surface area contributed by atoms with Gasteiger partial charge in [-0.05, 0) is 36.8 Å². The first-order valence-corrected chi connectivity index (χ1v) is 9.65. The molecule has 0 bridgehead atoms. The van der Waals surface area contributed by atoms with Crippen LogP contribution in [0.25, 0.3) is 11.3 Å². The molecular weight excluding hydrogens is 407 g/mol. The minimum Gasteiger partial charge on any atom is -0.493 e. The highest BCUT2D eigenvalue weighted by atomic mass is 35.5. The van der Waals surface area contributed by atoms with Crippen LogP contribution in [-0.2, 0) is 13.0 Å². The van der Waals surface area contributed by atoms with Gasteiger partial charge in [0.2, 0.25) is 0 Å². The van der Waals surface area contributed by atoms with E-state index in [0.717, 1.165) is 11.3 Å². The van der Waals surface area contributed by atoms with Crippen molar-refractivity contribution in [3.8, 4) is 22.8 Å². The Morgan fingerprint density at radius 3 is 2.57 bits per heavy atom. The highest BCUT2D eigenvalue weighted by Gasteiger charge is 2.14. The number of pyridine rings is 1. The van der Waals surface area contributed by atoms with E-state index < -0.39 is 5.82 Å². The number of aliphatic imine (C=N–C) groups is 1. The van der Waals surface area contributed by atoms with Crippen molar-refractivity contribution in [2.45, 2.75) is 20.0 Å². The Labute approximate surface area is 179 Å². The lowest BCUT2D eigenvalue weighted by atomic mass is 10.0. The second-order valence-electron chi connectivity index (χ2n) is 6.58. The number of benzene rings is 2. The molecule has 0 atom stereocenters. The molecule has 30 heavy (non-hydrogen) atoms. The van der Waals surface area contributed by atoms with Crippen molar-refractivity contribution in [3.05, 3.63) is 70.1 Å². The van der Waals surface area contributed by atoms with Crippen LogP contribution >= 0.6 is 11.6 Å². The van der Waals surface area contributed by atoms with Crippen molar-refractivity contribution >= 4 is 23.5 Å². The third-order valence-corrected chi connectivity index (χ3v) is 4.94. The molecule has 0 fully saturated rings. The summed E-state index contributed by atoms with van der Waals surface area (Å²) in [6, 6.07) is 11.9. The van der Waals surface area contributed by atoms with E-state index in [9.17, 15) is 9.50 Å². The van der Waals surface area contributed by atoms with Gasteiger partial charge in [-0.15, -0.1) is 0 Å². The van der Waals surface area contributed by atoms with Gasteiger partial charge in [-0.3, -0.25) is 9.98 Å². The summed E-state index contributed by atoms with van der Waals surface area (Å²) in [5.74, 6) is 0.677. The maximum atomic E-state index is 14.5. The Hall–Kier alpha value is -2.96. The number of hydrogen-bond acceptors (Lipinski definition) is 5. The van der Waals surface area contributed by atoms with Crippen LogP contribution in [0.1, 0.15) is 16.8 Å². The van der Waals surface area contributed by atoms with Crippen molar-refractivity contribution in [2.75, 3.05) is 14.2 Å². The summed E-state index contributed by atoms with van der Waals surface area (Å²) >= 11 is 5.91. The predicted octanol–water partition coefficient (Wildman–Crippen LogP) is 5.30. The minimum atomic E-state index is -0.562. The fourth-order valence-corrected chi connectivity index (χ4v) is 3.21. The third-order valence-electron chi connectivity index (χ3n) is 4.65. The van der Waals surface area contributed by atoms with Crippen molar-refractivity contribution in [3.63, 3.8) is 0 Å². The molecule has 0 spiro atoms. The van der Waals surface area contributed by atoms with E-state index in [-0.39, 0.29) is 17.2 Å². The van der Waals surface area contributed by atoms with Gasteiger partial charge >= 0.3 is 0 Å². The minimum absolute atomic E-state index is 0.00841. The van der Waals surface area contributed by atoms with Gasteiger partial charge in [-0.1, -0.05) is 23.7 Å². The number of rotatable bonds is 7. The largest absolute Gasteiger partial charge is 0.493 e. The zero-order chi connectivity index (χ0) is 21.7. The Morgan fingerprint density at radius 2 is 1.87 bits per heavy atom. The molecule has 0 aliphatic heterocycles. The van der Waals surface area contributed by atoms with Gasteiger partial charge in [-0.25, -0.2) is 4.39 Å². The Morgan fingerprint density at radius 1 is 1.13 bits per heavy atom. The first kappa shape index (κ1) is 21.7. The zero-order valence-electron chi connectivity index (χ0n) is 16.9. The SMILES string of the molecule is COc1cc(C)c(/N=C\Cc2ccc(CO)c(-c3cccc(Cl)c3F)n2)cc1OC. The van der Waals surface area contributed by atoms with Gasteiger partial charge in [0.1, 0.15) is 0 Å². The van der Waals surface area contributed by atoms with Crippen LogP contribution < -0.4 is 9.47 Å². The van der Waals surface area contributed by atoms with Gasteiger partial charge in [0.25, 0.3) is 0 Å². The van der Waals surface area contributed by atoms with E-state index in [1.54, 1.807) is 50.8 Å². The lowest BCUT2D eigenvalue weighted by Crippen LogP contribution is -2.00. The van der Waals surface area contributed by atoms with Crippen LogP contribution in [0.5, 0.6) is 11.5 Å². The van der Waals surface area contributed by atoms with Gasteiger partial charge < -0.3 is 14.6 Å². The highest BCUT2D eigenvalue weighted by Crippen LogP contribution is 2.34. The molecule has 7 heteroatoms.